The number of anilines is 2. The van der Waals surface area contributed by atoms with Crippen LogP contribution in [0.3, 0.4) is 0 Å². The fourth-order valence-corrected chi connectivity index (χ4v) is 4.45. The summed E-state index contributed by atoms with van der Waals surface area (Å²) >= 11 is 6.26. The number of hydrogen-bond acceptors (Lipinski definition) is 5. The number of ether oxygens (including phenoxy) is 1. The van der Waals surface area contributed by atoms with E-state index in [9.17, 15) is 14.4 Å². The maximum Gasteiger partial charge on any atom is 0.279 e. The first kappa shape index (κ1) is 22.9. The van der Waals surface area contributed by atoms with Crippen molar-refractivity contribution in [2.75, 3.05) is 17.2 Å². The highest BCUT2D eigenvalue weighted by molar-refractivity contribution is 6.48. The number of hydrogen-bond donors (Lipinski definition) is 2. The predicted octanol–water partition coefficient (Wildman–Crippen LogP) is 4.90. The summed E-state index contributed by atoms with van der Waals surface area (Å²) in [5.74, 6) is -0.629. The zero-order chi connectivity index (χ0) is 23.4. The van der Waals surface area contributed by atoms with Crippen LogP contribution in [-0.2, 0) is 9.59 Å². The number of nitrogens with zero attached hydrogens (tertiary/aromatic N) is 1. The Kier molecular flexibility index (Phi) is 6.99. The quantitative estimate of drug-likeness (QED) is 0.565. The summed E-state index contributed by atoms with van der Waals surface area (Å²) < 4.78 is 5.56. The zero-order valence-electron chi connectivity index (χ0n) is 18.4. The molecule has 7 nitrogen and oxygen atoms in total. The summed E-state index contributed by atoms with van der Waals surface area (Å²) in [5, 5.41) is 5.69. The molecule has 0 saturated heterocycles. The number of benzene rings is 2. The molecule has 4 rings (SSSR count). The maximum atomic E-state index is 13.0. The molecule has 0 bridgehead atoms. The second-order valence-corrected chi connectivity index (χ2v) is 8.43. The molecular formula is C25H26ClN3O4. The molecule has 2 aromatic carbocycles. The molecule has 33 heavy (non-hydrogen) atoms. The summed E-state index contributed by atoms with van der Waals surface area (Å²) in [5.41, 5.74) is 1.48. The summed E-state index contributed by atoms with van der Waals surface area (Å²) in [6.07, 6.45) is 4.70. The Hall–Kier alpha value is -3.32. The monoisotopic (exact) mass is 467 g/mol. The predicted molar refractivity (Wildman–Crippen MR) is 127 cm³/mol. The van der Waals surface area contributed by atoms with Crippen LogP contribution in [0.2, 0.25) is 0 Å². The zero-order valence-corrected chi connectivity index (χ0v) is 19.2. The van der Waals surface area contributed by atoms with E-state index in [2.05, 4.69) is 10.6 Å². The molecule has 2 N–H and O–H groups in total. The standard InChI is InChI=1S/C25H26ClN3O4/c1-2-33-20-14-7-6-13-19(20)28-23(30)16-9-8-10-17(15-16)27-22-21(26)24(31)29(25(22)32)18-11-4-3-5-12-18/h6-10,13-15,18,27H,2-5,11-12H2,1H3,(H,28,30). The van der Waals surface area contributed by atoms with E-state index in [1.54, 1.807) is 36.4 Å². The molecule has 8 heteroatoms. The minimum absolute atomic E-state index is 0.0477. The molecule has 1 saturated carbocycles. The van der Waals surface area contributed by atoms with Crippen LogP contribution in [0, 0.1) is 0 Å². The van der Waals surface area contributed by atoms with E-state index >= 15 is 0 Å². The third-order valence-corrected chi connectivity index (χ3v) is 6.18. The van der Waals surface area contributed by atoms with Gasteiger partial charge in [0.05, 0.1) is 12.3 Å². The van der Waals surface area contributed by atoms with Gasteiger partial charge in [-0.1, -0.05) is 49.1 Å². The molecule has 1 aliphatic carbocycles. The van der Waals surface area contributed by atoms with Crippen LogP contribution in [-0.4, -0.2) is 35.3 Å². The van der Waals surface area contributed by atoms with Gasteiger partial charge >= 0.3 is 0 Å². The highest BCUT2D eigenvalue weighted by atomic mass is 35.5. The van der Waals surface area contributed by atoms with Gasteiger partial charge in [-0.25, -0.2) is 0 Å². The van der Waals surface area contributed by atoms with E-state index in [1.165, 1.54) is 4.90 Å². The minimum atomic E-state index is -0.461. The number of nitrogens with one attached hydrogen (secondary N) is 2. The molecule has 0 aromatic heterocycles. The molecule has 1 heterocycles. The molecule has 2 aliphatic rings. The van der Waals surface area contributed by atoms with Gasteiger partial charge in [-0.3, -0.25) is 19.3 Å². The molecule has 3 amide bonds. The number of imide groups is 1. The summed E-state index contributed by atoms with van der Waals surface area (Å²) in [6, 6.07) is 13.7. The van der Waals surface area contributed by atoms with E-state index in [0.29, 0.717) is 29.3 Å². The number of carbonyl (C=O) groups excluding carboxylic acids is 3. The van der Waals surface area contributed by atoms with Crippen LogP contribution in [0.15, 0.2) is 59.3 Å². The van der Waals surface area contributed by atoms with E-state index in [4.69, 9.17) is 16.3 Å². The van der Waals surface area contributed by atoms with Crippen LogP contribution in [0.25, 0.3) is 0 Å². The van der Waals surface area contributed by atoms with Gasteiger partial charge in [0.2, 0.25) is 0 Å². The molecule has 0 atom stereocenters. The van der Waals surface area contributed by atoms with Crippen molar-refractivity contribution in [2.24, 2.45) is 0 Å². The van der Waals surface area contributed by atoms with Gasteiger partial charge in [-0.15, -0.1) is 0 Å². The Morgan fingerprint density at radius 1 is 1.06 bits per heavy atom. The molecular weight excluding hydrogens is 442 g/mol. The number of para-hydroxylation sites is 2. The minimum Gasteiger partial charge on any atom is -0.492 e. The topological polar surface area (TPSA) is 87.7 Å². The van der Waals surface area contributed by atoms with Gasteiger partial charge in [0.1, 0.15) is 16.5 Å². The van der Waals surface area contributed by atoms with Crippen molar-refractivity contribution in [3.8, 4) is 5.75 Å². The van der Waals surface area contributed by atoms with Crippen molar-refractivity contribution in [1.29, 1.82) is 0 Å². The fraction of sp³-hybridized carbons (Fsp3) is 0.320. The van der Waals surface area contributed by atoms with Gasteiger partial charge in [0, 0.05) is 17.3 Å². The number of halogens is 1. The van der Waals surface area contributed by atoms with E-state index in [0.717, 1.165) is 32.1 Å². The first-order chi connectivity index (χ1) is 16.0. The van der Waals surface area contributed by atoms with Gasteiger partial charge in [-0.2, -0.15) is 0 Å². The third-order valence-electron chi connectivity index (χ3n) is 5.83. The van der Waals surface area contributed by atoms with Crippen molar-refractivity contribution in [1.82, 2.24) is 4.90 Å². The van der Waals surface area contributed by atoms with Crippen molar-refractivity contribution in [3.05, 3.63) is 64.8 Å². The van der Waals surface area contributed by atoms with Crippen LogP contribution in [0.4, 0.5) is 11.4 Å². The molecule has 1 aliphatic heterocycles. The Morgan fingerprint density at radius 2 is 1.82 bits per heavy atom. The molecule has 0 unspecified atom stereocenters. The maximum absolute atomic E-state index is 13.0. The largest absolute Gasteiger partial charge is 0.492 e. The first-order valence-electron chi connectivity index (χ1n) is 11.2. The summed E-state index contributed by atoms with van der Waals surface area (Å²) in [7, 11) is 0. The van der Waals surface area contributed by atoms with Crippen LogP contribution in [0.1, 0.15) is 49.4 Å². The Morgan fingerprint density at radius 3 is 2.58 bits per heavy atom. The Labute approximate surface area is 197 Å². The van der Waals surface area contributed by atoms with Crippen LogP contribution in [0.5, 0.6) is 5.75 Å². The van der Waals surface area contributed by atoms with Gasteiger partial charge in [0.25, 0.3) is 17.7 Å². The fourth-order valence-electron chi connectivity index (χ4n) is 4.23. The van der Waals surface area contributed by atoms with Crippen molar-refractivity contribution in [2.45, 2.75) is 45.1 Å². The molecule has 0 radical (unpaired) electrons. The van der Waals surface area contributed by atoms with E-state index < -0.39 is 11.8 Å². The van der Waals surface area contributed by atoms with Crippen LogP contribution >= 0.6 is 11.6 Å². The average molecular weight is 468 g/mol. The Bertz CT molecular complexity index is 1110. The lowest BCUT2D eigenvalue weighted by molar-refractivity contribution is -0.140. The van der Waals surface area contributed by atoms with Gasteiger partial charge in [0.15, 0.2) is 0 Å². The second kappa shape index (κ2) is 10.1. The molecule has 172 valence electrons. The van der Waals surface area contributed by atoms with Crippen molar-refractivity contribution < 1.29 is 19.1 Å². The highest BCUT2D eigenvalue weighted by Gasteiger charge is 2.42. The lowest BCUT2D eigenvalue weighted by Crippen LogP contribution is -2.42. The Balaban J connectivity index is 1.50. The lowest BCUT2D eigenvalue weighted by Gasteiger charge is -2.29. The van der Waals surface area contributed by atoms with Crippen LogP contribution < -0.4 is 15.4 Å². The molecule has 2 aromatic rings. The molecule has 1 fully saturated rings. The third kappa shape index (κ3) is 4.88. The lowest BCUT2D eigenvalue weighted by atomic mass is 9.94. The van der Waals surface area contributed by atoms with E-state index in [-0.39, 0.29) is 22.7 Å². The van der Waals surface area contributed by atoms with Crippen molar-refractivity contribution >= 4 is 40.7 Å². The smallest absolute Gasteiger partial charge is 0.279 e. The normalized spacial score (nSPS) is 16.8. The number of carbonyl (C=O) groups is 3. The highest BCUT2D eigenvalue weighted by Crippen LogP contribution is 2.32. The van der Waals surface area contributed by atoms with E-state index in [1.807, 2.05) is 19.1 Å². The van der Waals surface area contributed by atoms with Gasteiger partial charge in [-0.05, 0) is 50.1 Å². The summed E-state index contributed by atoms with van der Waals surface area (Å²) in [4.78, 5) is 39.8. The average Bonchev–Trinajstić information content (AvgIpc) is 3.04. The first-order valence-corrected chi connectivity index (χ1v) is 11.5. The number of rotatable bonds is 7. The number of amides is 3. The van der Waals surface area contributed by atoms with Crippen molar-refractivity contribution in [3.63, 3.8) is 0 Å². The second-order valence-electron chi connectivity index (χ2n) is 8.05. The SMILES string of the molecule is CCOc1ccccc1NC(=O)c1cccc(NC2=C(Cl)C(=O)N(C3CCCCC3)C2=O)c1. The molecule has 0 spiro atoms. The summed E-state index contributed by atoms with van der Waals surface area (Å²) in [6.45, 7) is 2.35. The van der Waals surface area contributed by atoms with Gasteiger partial charge < -0.3 is 15.4 Å².